The summed E-state index contributed by atoms with van der Waals surface area (Å²) in [6.07, 6.45) is 1.85. The van der Waals surface area contributed by atoms with Crippen LogP contribution in [-0.4, -0.2) is 12.6 Å². The molecular weight excluding hydrogens is 352 g/mol. The Balaban J connectivity index is 1.88. The molecule has 0 bridgehead atoms. The van der Waals surface area contributed by atoms with Gasteiger partial charge < -0.3 is 10.6 Å². The fraction of sp³-hybridized carbons (Fsp3) is 0.316. The van der Waals surface area contributed by atoms with Crippen LogP contribution in [-0.2, 0) is 6.42 Å². The maximum absolute atomic E-state index is 12.1. The van der Waals surface area contributed by atoms with Gasteiger partial charge in [-0.15, -0.1) is 0 Å². The molecule has 1 atom stereocenters. The minimum atomic E-state index is -0.157. The van der Waals surface area contributed by atoms with Gasteiger partial charge in [-0.25, -0.2) is 4.79 Å². The first-order valence-electron chi connectivity index (χ1n) is 7.98. The molecule has 23 heavy (non-hydrogen) atoms. The fourth-order valence-electron chi connectivity index (χ4n) is 2.44. The van der Waals surface area contributed by atoms with Crippen molar-refractivity contribution >= 4 is 27.6 Å². The smallest absolute Gasteiger partial charge is 0.319 e. The van der Waals surface area contributed by atoms with Gasteiger partial charge in [0.05, 0.1) is 0 Å². The van der Waals surface area contributed by atoms with Crippen LogP contribution >= 0.6 is 15.9 Å². The minimum Gasteiger partial charge on any atom is -0.338 e. The first-order valence-corrected chi connectivity index (χ1v) is 8.77. The monoisotopic (exact) mass is 374 g/mol. The molecule has 0 radical (unpaired) electrons. The third-order valence-corrected chi connectivity index (χ3v) is 4.43. The van der Waals surface area contributed by atoms with Crippen LogP contribution in [0.5, 0.6) is 0 Å². The maximum Gasteiger partial charge on any atom is 0.319 e. The highest BCUT2D eigenvalue weighted by molar-refractivity contribution is 9.10. The van der Waals surface area contributed by atoms with Gasteiger partial charge in [0.15, 0.2) is 0 Å². The molecule has 0 saturated heterocycles. The summed E-state index contributed by atoms with van der Waals surface area (Å²) in [7, 11) is 0. The predicted molar refractivity (Wildman–Crippen MR) is 100 cm³/mol. The second kappa shape index (κ2) is 8.73. The Morgan fingerprint density at radius 2 is 1.96 bits per heavy atom. The van der Waals surface area contributed by atoms with Gasteiger partial charge in [-0.3, -0.25) is 0 Å². The molecule has 1 unspecified atom stereocenters. The van der Waals surface area contributed by atoms with Gasteiger partial charge in [-0.2, -0.15) is 0 Å². The van der Waals surface area contributed by atoms with Crippen molar-refractivity contribution in [2.75, 3.05) is 11.9 Å². The Kier molecular flexibility index (Phi) is 6.66. The van der Waals surface area contributed by atoms with Crippen molar-refractivity contribution in [2.24, 2.45) is 0 Å². The highest BCUT2D eigenvalue weighted by Crippen LogP contribution is 2.26. The molecule has 0 fully saturated rings. The van der Waals surface area contributed by atoms with E-state index in [0.717, 1.165) is 23.0 Å². The van der Waals surface area contributed by atoms with E-state index in [1.165, 1.54) is 11.1 Å². The van der Waals surface area contributed by atoms with Crippen LogP contribution in [0.15, 0.2) is 53.0 Å². The zero-order valence-electron chi connectivity index (χ0n) is 13.6. The van der Waals surface area contributed by atoms with Crippen molar-refractivity contribution in [2.45, 2.75) is 32.6 Å². The fourth-order valence-corrected chi connectivity index (χ4v) is 2.89. The molecule has 0 spiro atoms. The van der Waals surface area contributed by atoms with E-state index in [1.54, 1.807) is 0 Å². The normalized spacial score (nSPS) is 11.8. The van der Waals surface area contributed by atoms with Crippen molar-refractivity contribution in [3.05, 3.63) is 64.1 Å². The molecular formula is C19H23BrN2O. The molecule has 2 amide bonds. The van der Waals surface area contributed by atoms with Crippen molar-refractivity contribution in [1.29, 1.82) is 0 Å². The van der Waals surface area contributed by atoms with E-state index in [0.29, 0.717) is 12.5 Å². The quantitative estimate of drug-likeness (QED) is 0.704. The molecule has 0 aromatic heterocycles. The van der Waals surface area contributed by atoms with Gasteiger partial charge >= 0.3 is 6.03 Å². The van der Waals surface area contributed by atoms with Crippen molar-refractivity contribution in [3.63, 3.8) is 0 Å². The molecule has 0 heterocycles. The van der Waals surface area contributed by atoms with E-state index < -0.39 is 0 Å². The summed E-state index contributed by atoms with van der Waals surface area (Å²) < 4.78 is 1.06. The van der Waals surface area contributed by atoms with Gasteiger partial charge in [0.25, 0.3) is 0 Å². The molecule has 0 aliphatic carbocycles. The highest BCUT2D eigenvalue weighted by atomic mass is 79.9. The average Bonchev–Trinajstić information content (AvgIpc) is 2.55. The lowest BCUT2D eigenvalue weighted by atomic mass is 9.97. The SMILES string of the molecule is CCC(C)c1ccccc1NC(=O)NCCc1cccc(Br)c1. The van der Waals surface area contributed by atoms with Gasteiger partial charge in [0.1, 0.15) is 0 Å². The molecule has 2 aromatic carbocycles. The van der Waals surface area contributed by atoms with Crippen LogP contribution < -0.4 is 10.6 Å². The Morgan fingerprint density at radius 1 is 1.17 bits per heavy atom. The summed E-state index contributed by atoms with van der Waals surface area (Å²) in [5, 5.41) is 5.88. The van der Waals surface area contributed by atoms with Crippen LogP contribution in [0, 0.1) is 0 Å². The van der Waals surface area contributed by atoms with Gasteiger partial charge in [0.2, 0.25) is 0 Å². The lowest BCUT2D eigenvalue weighted by Gasteiger charge is -2.16. The molecule has 2 aromatic rings. The second-order valence-corrected chi connectivity index (χ2v) is 6.57. The van der Waals surface area contributed by atoms with Crippen molar-refractivity contribution in [1.82, 2.24) is 5.32 Å². The van der Waals surface area contributed by atoms with Crippen LogP contribution in [0.2, 0.25) is 0 Å². The molecule has 4 heteroatoms. The summed E-state index contributed by atoms with van der Waals surface area (Å²) in [6, 6.07) is 16.0. The summed E-state index contributed by atoms with van der Waals surface area (Å²) in [5.41, 5.74) is 3.26. The third kappa shape index (κ3) is 5.39. The number of urea groups is 1. The van der Waals surface area contributed by atoms with Crippen LogP contribution in [0.4, 0.5) is 10.5 Å². The first kappa shape index (κ1) is 17.5. The Bertz CT molecular complexity index is 657. The van der Waals surface area contributed by atoms with E-state index in [1.807, 2.05) is 30.3 Å². The van der Waals surface area contributed by atoms with Crippen LogP contribution in [0.1, 0.15) is 37.3 Å². The summed E-state index contributed by atoms with van der Waals surface area (Å²) in [5.74, 6) is 0.424. The molecule has 0 saturated carbocycles. The van der Waals surface area contributed by atoms with E-state index in [4.69, 9.17) is 0 Å². The Hall–Kier alpha value is -1.81. The molecule has 122 valence electrons. The number of hydrogen-bond donors (Lipinski definition) is 2. The minimum absolute atomic E-state index is 0.157. The number of rotatable bonds is 6. The first-order chi connectivity index (χ1) is 11.1. The largest absolute Gasteiger partial charge is 0.338 e. The zero-order valence-corrected chi connectivity index (χ0v) is 15.2. The van der Waals surface area contributed by atoms with Gasteiger partial charge in [-0.1, -0.05) is 60.1 Å². The van der Waals surface area contributed by atoms with Gasteiger partial charge in [-0.05, 0) is 48.1 Å². The zero-order chi connectivity index (χ0) is 16.7. The number of benzene rings is 2. The molecule has 0 aliphatic rings. The highest BCUT2D eigenvalue weighted by Gasteiger charge is 2.10. The van der Waals surface area contributed by atoms with Crippen LogP contribution in [0.3, 0.4) is 0 Å². The molecule has 0 aliphatic heterocycles. The topological polar surface area (TPSA) is 41.1 Å². The van der Waals surface area contributed by atoms with Crippen molar-refractivity contribution in [3.8, 4) is 0 Å². The number of nitrogens with one attached hydrogen (secondary N) is 2. The van der Waals surface area contributed by atoms with E-state index in [9.17, 15) is 4.79 Å². The number of halogens is 1. The van der Waals surface area contributed by atoms with Gasteiger partial charge in [0, 0.05) is 16.7 Å². The van der Waals surface area contributed by atoms with E-state index in [-0.39, 0.29) is 6.03 Å². The number of carbonyl (C=O) groups excluding carboxylic acids is 1. The average molecular weight is 375 g/mol. The van der Waals surface area contributed by atoms with E-state index in [2.05, 4.69) is 58.6 Å². The number of anilines is 1. The number of para-hydroxylation sites is 1. The van der Waals surface area contributed by atoms with E-state index >= 15 is 0 Å². The number of amides is 2. The summed E-state index contributed by atoms with van der Waals surface area (Å²) in [6.45, 7) is 4.93. The second-order valence-electron chi connectivity index (χ2n) is 5.66. The van der Waals surface area contributed by atoms with Crippen LogP contribution in [0.25, 0.3) is 0 Å². The molecule has 2 N–H and O–H groups in total. The number of hydrogen-bond acceptors (Lipinski definition) is 1. The molecule has 3 nitrogen and oxygen atoms in total. The Labute approximate surface area is 146 Å². The molecule has 2 rings (SSSR count). The lowest BCUT2D eigenvalue weighted by Crippen LogP contribution is -2.30. The number of carbonyl (C=O) groups is 1. The standard InChI is InChI=1S/C19H23BrN2O/c1-3-14(2)17-9-4-5-10-18(17)22-19(23)21-12-11-15-7-6-8-16(20)13-15/h4-10,13-14H,3,11-12H2,1-2H3,(H2,21,22,23). The summed E-state index contributed by atoms with van der Waals surface area (Å²) in [4.78, 5) is 12.1. The lowest BCUT2D eigenvalue weighted by molar-refractivity contribution is 0.252. The predicted octanol–water partition coefficient (Wildman–Crippen LogP) is 5.33. The summed E-state index contributed by atoms with van der Waals surface area (Å²) >= 11 is 3.46. The third-order valence-electron chi connectivity index (χ3n) is 3.94. The maximum atomic E-state index is 12.1. The Morgan fingerprint density at radius 3 is 2.70 bits per heavy atom. The van der Waals surface area contributed by atoms with Crippen molar-refractivity contribution < 1.29 is 4.79 Å².